The third kappa shape index (κ3) is 2.58. The van der Waals surface area contributed by atoms with E-state index in [0.29, 0.717) is 11.3 Å². The molecule has 3 nitrogen and oxygen atoms in total. The molecule has 0 amide bonds. The number of ketones is 1. The fourth-order valence-corrected chi connectivity index (χ4v) is 3.79. The number of thiophene rings is 1. The molecule has 1 aromatic rings. The number of nitrogens with one attached hydrogen (secondary N) is 1. The number of nitrogens with two attached hydrogens (primary N) is 1. The van der Waals surface area contributed by atoms with Crippen LogP contribution in [0.3, 0.4) is 0 Å². The molecule has 0 atom stereocenters. The van der Waals surface area contributed by atoms with Crippen molar-refractivity contribution < 1.29 is 4.79 Å². The maximum Gasteiger partial charge on any atom is 0.177 e. The molecule has 0 aliphatic heterocycles. The Labute approximate surface area is 124 Å². The summed E-state index contributed by atoms with van der Waals surface area (Å²) in [5.74, 6) is 0.770. The topological polar surface area (TPSA) is 55.1 Å². The highest BCUT2D eigenvalue weighted by Crippen LogP contribution is 2.52. The number of hydrogen-bond acceptors (Lipinski definition) is 4. The SMILES string of the molecule is CC(C)C(=O)c1sc(NCC2(C)CC2)c(C2CC2)c1N. The maximum atomic E-state index is 12.3. The fraction of sp³-hybridized carbons (Fsp3) is 0.688. The average molecular weight is 292 g/mol. The van der Waals surface area contributed by atoms with Crippen LogP contribution in [0.5, 0.6) is 0 Å². The molecule has 0 bridgehead atoms. The first kappa shape index (κ1) is 13.9. The summed E-state index contributed by atoms with van der Waals surface area (Å²) in [6.45, 7) is 7.20. The molecule has 1 heterocycles. The van der Waals surface area contributed by atoms with Gasteiger partial charge in [0.15, 0.2) is 5.78 Å². The zero-order valence-corrected chi connectivity index (χ0v) is 13.4. The lowest BCUT2D eigenvalue weighted by atomic mass is 10.0. The maximum absolute atomic E-state index is 12.3. The van der Waals surface area contributed by atoms with E-state index in [1.807, 2.05) is 13.8 Å². The minimum atomic E-state index is 0.0109. The monoisotopic (exact) mass is 292 g/mol. The zero-order valence-electron chi connectivity index (χ0n) is 12.6. The minimum absolute atomic E-state index is 0.0109. The van der Waals surface area contributed by atoms with E-state index in [1.165, 1.54) is 31.2 Å². The molecule has 0 saturated heterocycles. The van der Waals surface area contributed by atoms with Gasteiger partial charge >= 0.3 is 0 Å². The fourth-order valence-electron chi connectivity index (χ4n) is 2.49. The Morgan fingerprint density at radius 2 is 2.10 bits per heavy atom. The summed E-state index contributed by atoms with van der Waals surface area (Å²) in [5, 5.41) is 4.73. The van der Waals surface area contributed by atoms with E-state index in [-0.39, 0.29) is 11.7 Å². The molecule has 3 N–H and O–H groups in total. The van der Waals surface area contributed by atoms with E-state index >= 15 is 0 Å². The molecule has 20 heavy (non-hydrogen) atoms. The minimum Gasteiger partial charge on any atom is -0.397 e. The van der Waals surface area contributed by atoms with Gasteiger partial charge in [0, 0.05) is 18.0 Å². The van der Waals surface area contributed by atoms with E-state index < -0.39 is 0 Å². The summed E-state index contributed by atoms with van der Waals surface area (Å²) < 4.78 is 0. The summed E-state index contributed by atoms with van der Waals surface area (Å²) in [6.07, 6.45) is 5.03. The number of anilines is 2. The molecule has 0 spiro atoms. The predicted molar refractivity (Wildman–Crippen MR) is 85.7 cm³/mol. The van der Waals surface area contributed by atoms with E-state index in [9.17, 15) is 4.79 Å². The van der Waals surface area contributed by atoms with Crippen LogP contribution in [-0.2, 0) is 0 Å². The largest absolute Gasteiger partial charge is 0.397 e. The molecule has 2 fully saturated rings. The molecular weight excluding hydrogens is 268 g/mol. The lowest BCUT2D eigenvalue weighted by molar-refractivity contribution is 0.0944. The number of hydrogen-bond donors (Lipinski definition) is 2. The van der Waals surface area contributed by atoms with Gasteiger partial charge in [-0.25, -0.2) is 0 Å². The van der Waals surface area contributed by atoms with Gasteiger partial charge in [0.1, 0.15) is 0 Å². The third-order valence-electron chi connectivity index (χ3n) is 4.50. The second-order valence-electron chi connectivity index (χ2n) is 7.05. The van der Waals surface area contributed by atoms with Crippen LogP contribution < -0.4 is 11.1 Å². The van der Waals surface area contributed by atoms with Crippen molar-refractivity contribution in [1.29, 1.82) is 0 Å². The lowest BCUT2D eigenvalue weighted by Crippen LogP contribution is -2.11. The Hall–Kier alpha value is -1.03. The van der Waals surface area contributed by atoms with Crippen LogP contribution in [0.1, 0.15) is 67.6 Å². The zero-order chi connectivity index (χ0) is 14.5. The van der Waals surface area contributed by atoms with Crippen LogP contribution in [0, 0.1) is 11.3 Å². The second-order valence-corrected chi connectivity index (χ2v) is 8.07. The van der Waals surface area contributed by atoms with E-state index in [1.54, 1.807) is 11.3 Å². The molecule has 0 radical (unpaired) electrons. The molecular formula is C16H24N2OS. The molecule has 4 heteroatoms. The summed E-state index contributed by atoms with van der Waals surface area (Å²) in [6, 6.07) is 0. The van der Waals surface area contributed by atoms with Crippen LogP contribution in [-0.4, -0.2) is 12.3 Å². The van der Waals surface area contributed by atoms with Crippen molar-refractivity contribution in [3.63, 3.8) is 0 Å². The van der Waals surface area contributed by atoms with Crippen molar-refractivity contribution in [3.8, 4) is 0 Å². The van der Waals surface area contributed by atoms with Crippen molar-refractivity contribution >= 4 is 27.8 Å². The Balaban J connectivity index is 1.87. The molecule has 1 aromatic heterocycles. The number of nitrogen functional groups attached to an aromatic ring is 1. The smallest absolute Gasteiger partial charge is 0.177 e. The summed E-state index contributed by atoms with van der Waals surface area (Å²) >= 11 is 1.57. The molecule has 2 aliphatic carbocycles. The van der Waals surface area contributed by atoms with Crippen molar-refractivity contribution in [2.75, 3.05) is 17.6 Å². The van der Waals surface area contributed by atoms with Gasteiger partial charge in [-0.2, -0.15) is 0 Å². The first-order valence-electron chi connectivity index (χ1n) is 7.61. The molecule has 0 aromatic carbocycles. The summed E-state index contributed by atoms with van der Waals surface area (Å²) in [4.78, 5) is 13.1. The summed E-state index contributed by atoms with van der Waals surface area (Å²) in [5.41, 5.74) is 8.72. The van der Waals surface area contributed by atoms with Crippen molar-refractivity contribution in [2.24, 2.45) is 11.3 Å². The van der Waals surface area contributed by atoms with Crippen molar-refractivity contribution in [3.05, 3.63) is 10.4 Å². The van der Waals surface area contributed by atoms with Gasteiger partial charge in [0.25, 0.3) is 0 Å². The number of carbonyl (C=O) groups excluding carboxylic acids is 1. The van der Waals surface area contributed by atoms with Gasteiger partial charge in [-0.05, 0) is 37.0 Å². The van der Waals surface area contributed by atoms with Gasteiger partial charge in [0.05, 0.1) is 15.6 Å². The Morgan fingerprint density at radius 3 is 2.60 bits per heavy atom. The number of rotatable bonds is 6. The summed E-state index contributed by atoms with van der Waals surface area (Å²) in [7, 11) is 0. The highest BCUT2D eigenvalue weighted by Gasteiger charge is 2.38. The highest BCUT2D eigenvalue weighted by molar-refractivity contribution is 7.18. The van der Waals surface area contributed by atoms with E-state index in [2.05, 4.69) is 12.2 Å². The molecule has 0 unspecified atom stereocenters. The van der Waals surface area contributed by atoms with Crippen LogP contribution in [0.4, 0.5) is 10.7 Å². The molecule has 3 rings (SSSR count). The van der Waals surface area contributed by atoms with Crippen LogP contribution in [0.2, 0.25) is 0 Å². The Morgan fingerprint density at radius 1 is 1.45 bits per heavy atom. The Bertz CT molecular complexity index is 539. The molecule has 2 saturated carbocycles. The van der Waals surface area contributed by atoms with Gasteiger partial charge in [0.2, 0.25) is 0 Å². The standard InChI is InChI=1S/C16H24N2OS/c1-9(2)13(19)14-12(17)11(10-4-5-10)15(20-14)18-8-16(3)6-7-16/h9-10,18H,4-8,17H2,1-3H3. The van der Waals surface area contributed by atoms with E-state index in [4.69, 9.17) is 5.73 Å². The van der Waals surface area contributed by atoms with Crippen LogP contribution in [0.15, 0.2) is 0 Å². The normalized spacial score (nSPS) is 20.2. The number of carbonyl (C=O) groups is 1. The first-order valence-corrected chi connectivity index (χ1v) is 8.43. The highest BCUT2D eigenvalue weighted by atomic mass is 32.1. The van der Waals surface area contributed by atoms with Crippen molar-refractivity contribution in [2.45, 2.75) is 52.4 Å². The van der Waals surface area contributed by atoms with E-state index in [0.717, 1.165) is 22.1 Å². The lowest BCUT2D eigenvalue weighted by Gasteiger charge is -2.11. The average Bonchev–Trinajstić information content (AvgIpc) is 3.30. The molecule has 2 aliphatic rings. The Kier molecular flexibility index (Phi) is 3.32. The van der Waals surface area contributed by atoms with Crippen LogP contribution >= 0.6 is 11.3 Å². The van der Waals surface area contributed by atoms with Gasteiger partial charge < -0.3 is 11.1 Å². The second kappa shape index (κ2) is 4.76. The van der Waals surface area contributed by atoms with Gasteiger partial charge in [-0.1, -0.05) is 20.8 Å². The first-order chi connectivity index (χ1) is 9.41. The quantitative estimate of drug-likeness (QED) is 0.770. The predicted octanol–water partition coefficient (Wildman–Crippen LogP) is 4.26. The van der Waals surface area contributed by atoms with Gasteiger partial charge in [-0.3, -0.25) is 4.79 Å². The van der Waals surface area contributed by atoms with Crippen molar-refractivity contribution in [1.82, 2.24) is 0 Å². The number of Topliss-reactive ketones (excluding diaryl/α,β-unsaturated/α-hetero) is 1. The van der Waals surface area contributed by atoms with Crippen LogP contribution in [0.25, 0.3) is 0 Å². The molecule has 110 valence electrons. The third-order valence-corrected chi connectivity index (χ3v) is 5.69. The van der Waals surface area contributed by atoms with Gasteiger partial charge in [-0.15, -0.1) is 11.3 Å².